The van der Waals surface area contributed by atoms with Crippen molar-refractivity contribution in [2.45, 2.75) is 31.9 Å². The van der Waals surface area contributed by atoms with Crippen molar-refractivity contribution in [3.05, 3.63) is 81.9 Å². The minimum absolute atomic E-state index is 0.0617. The van der Waals surface area contributed by atoms with Crippen LogP contribution < -0.4 is 0 Å². The lowest BCUT2D eigenvalue weighted by Gasteiger charge is -2.03. The standard InChI is InChI=1S/C14H14O.C3H5Cl3.C3H7NO2/c1-3-7-13(8-4-1)11-15-12-14-9-5-2-6-10-14;4-1-3(6)2-5;1-2-3-4(5)6/h1-10H,11-12H2;3H,1-2H2;2-3H2,1H3. The summed E-state index contributed by atoms with van der Waals surface area (Å²) in [5.41, 5.74) is 2.43. The minimum atomic E-state index is -0.319. The van der Waals surface area contributed by atoms with Crippen molar-refractivity contribution >= 4 is 34.8 Å². The molecule has 0 aromatic heterocycles. The quantitative estimate of drug-likeness (QED) is 0.284. The molecule has 2 aromatic rings. The Labute approximate surface area is 176 Å². The van der Waals surface area contributed by atoms with Crippen molar-refractivity contribution < 1.29 is 9.66 Å². The molecule has 7 heteroatoms. The maximum absolute atomic E-state index is 9.40. The summed E-state index contributed by atoms with van der Waals surface area (Å²) in [5.74, 6) is 0.871. The van der Waals surface area contributed by atoms with Crippen LogP contribution in [0.3, 0.4) is 0 Å². The van der Waals surface area contributed by atoms with E-state index in [4.69, 9.17) is 39.5 Å². The average Bonchev–Trinajstić information content (AvgIpc) is 2.70. The number of rotatable bonds is 8. The highest BCUT2D eigenvalue weighted by molar-refractivity contribution is 6.32. The zero-order valence-corrected chi connectivity index (χ0v) is 17.7. The van der Waals surface area contributed by atoms with E-state index >= 15 is 0 Å². The Balaban J connectivity index is 0.000000470. The van der Waals surface area contributed by atoms with Gasteiger partial charge in [0.2, 0.25) is 6.54 Å². The summed E-state index contributed by atoms with van der Waals surface area (Å²) in [5, 5.41) is 9.34. The summed E-state index contributed by atoms with van der Waals surface area (Å²) in [6.45, 7) is 3.23. The Kier molecular flexibility index (Phi) is 17.2. The number of nitro groups is 1. The van der Waals surface area contributed by atoms with Gasteiger partial charge in [0.05, 0.1) is 18.6 Å². The zero-order chi connectivity index (χ0) is 20.3. The lowest BCUT2D eigenvalue weighted by atomic mass is 10.2. The highest BCUT2D eigenvalue weighted by Gasteiger charge is 1.95. The van der Waals surface area contributed by atoms with Gasteiger partial charge in [-0.3, -0.25) is 10.1 Å². The monoisotopic (exact) mass is 433 g/mol. The number of nitrogens with zero attached hydrogens (tertiary/aromatic N) is 1. The summed E-state index contributed by atoms with van der Waals surface area (Å²) in [4.78, 5) is 9.09. The Morgan fingerprint density at radius 3 is 1.56 bits per heavy atom. The molecule has 0 amide bonds. The molecule has 0 atom stereocenters. The first-order valence-corrected chi connectivity index (χ1v) is 10.1. The normalized spacial score (nSPS) is 9.67. The van der Waals surface area contributed by atoms with Gasteiger partial charge < -0.3 is 4.74 Å². The number of benzene rings is 2. The molecule has 0 aliphatic rings. The lowest BCUT2D eigenvalue weighted by Crippen LogP contribution is -1.99. The van der Waals surface area contributed by atoms with Crippen molar-refractivity contribution in [2.24, 2.45) is 0 Å². The summed E-state index contributed by atoms with van der Waals surface area (Å²) in [7, 11) is 0. The second kappa shape index (κ2) is 18.1. The fourth-order valence-corrected chi connectivity index (χ4v) is 1.99. The van der Waals surface area contributed by atoms with Crippen LogP contribution >= 0.6 is 34.8 Å². The molecule has 0 unspecified atom stereocenters. The van der Waals surface area contributed by atoms with Gasteiger partial charge in [0, 0.05) is 23.1 Å². The number of hydrogen-bond donors (Lipinski definition) is 0. The van der Waals surface area contributed by atoms with Gasteiger partial charge in [-0.25, -0.2) is 0 Å². The van der Waals surface area contributed by atoms with Gasteiger partial charge >= 0.3 is 0 Å². The molecule has 0 saturated heterocycles. The number of alkyl halides is 3. The lowest BCUT2D eigenvalue weighted by molar-refractivity contribution is -0.479. The molecule has 0 heterocycles. The van der Waals surface area contributed by atoms with Crippen molar-refractivity contribution in [1.82, 2.24) is 0 Å². The second-order valence-electron chi connectivity index (χ2n) is 5.43. The van der Waals surface area contributed by atoms with Crippen LogP contribution in [0.25, 0.3) is 0 Å². The molecule has 0 N–H and O–H groups in total. The predicted octanol–water partition coefficient (Wildman–Crippen LogP) is 6.15. The van der Waals surface area contributed by atoms with Crippen LogP contribution in [0.5, 0.6) is 0 Å². The fourth-order valence-electron chi connectivity index (χ4n) is 1.66. The molecule has 0 spiro atoms. The topological polar surface area (TPSA) is 52.4 Å². The van der Waals surface area contributed by atoms with Crippen molar-refractivity contribution in [1.29, 1.82) is 0 Å². The third-order valence-corrected chi connectivity index (χ3v) is 4.33. The molecule has 0 aliphatic carbocycles. The number of hydrogen-bond acceptors (Lipinski definition) is 3. The van der Waals surface area contributed by atoms with Gasteiger partial charge in [-0.15, -0.1) is 34.8 Å². The summed E-state index contributed by atoms with van der Waals surface area (Å²) in [6, 6.07) is 20.4. The second-order valence-corrected chi connectivity index (χ2v) is 6.66. The van der Waals surface area contributed by atoms with Crippen LogP contribution in [-0.2, 0) is 18.0 Å². The van der Waals surface area contributed by atoms with Gasteiger partial charge in [-0.2, -0.15) is 0 Å². The van der Waals surface area contributed by atoms with E-state index in [2.05, 4.69) is 24.3 Å². The Hall–Kier alpha value is -1.33. The molecule has 0 radical (unpaired) electrons. The maximum atomic E-state index is 9.40. The summed E-state index contributed by atoms with van der Waals surface area (Å²) in [6.07, 6.45) is 0.632. The molecule has 4 nitrogen and oxygen atoms in total. The Bertz CT molecular complexity index is 542. The number of ether oxygens (including phenoxy) is 1. The first kappa shape index (κ1) is 25.7. The van der Waals surface area contributed by atoms with Gasteiger partial charge in [-0.05, 0) is 11.1 Å². The SMILES string of the molecule is CCC[N+](=O)[O-].ClCC(Cl)CCl.c1ccc(COCc2ccccc2)cc1. The smallest absolute Gasteiger partial charge is 0.203 e. The molecule has 2 rings (SSSR count). The highest BCUT2D eigenvalue weighted by atomic mass is 35.5. The van der Waals surface area contributed by atoms with Crippen molar-refractivity contribution in [3.63, 3.8) is 0 Å². The third-order valence-electron chi connectivity index (χ3n) is 2.96. The first-order chi connectivity index (χ1) is 13.0. The van der Waals surface area contributed by atoms with Gasteiger partial charge in [0.15, 0.2) is 0 Å². The molecule has 150 valence electrons. The molecule has 0 bridgehead atoms. The van der Waals surface area contributed by atoms with Crippen LogP contribution in [0.15, 0.2) is 60.7 Å². The van der Waals surface area contributed by atoms with Crippen LogP contribution in [-0.4, -0.2) is 28.6 Å². The molecule has 2 aromatic carbocycles. The fraction of sp³-hybridized carbons (Fsp3) is 0.400. The van der Waals surface area contributed by atoms with E-state index in [0.29, 0.717) is 31.4 Å². The van der Waals surface area contributed by atoms with E-state index in [0.717, 1.165) is 0 Å². The van der Waals surface area contributed by atoms with E-state index in [-0.39, 0.29) is 16.8 Å². The van der Waals surface area contributed by atoms with E-state index < -0.39 is 0 Å². The van der Waals surface area contributed by atoms with Crippen LogP contribution in [0.1, 0.15) is 24.5 Å². The molecule has 27 heavy (non-hydrogen) atoms. The molecule has 0 fully saturated rings. The Morgan fingerprint density at radius 1 is 0.926 bits per heavy atom. The first-order valence-electron chi connectivity index (χ1n) is 8.56. The average molecular weight is 435 g/mol. The van der Waals surface area contributed by atoms with E-state index in [9.17, 15) is 10.1 Å². The van der Waals surface area contributed by atoms with Crippen LogP contribution in [0.2, 0.25) is 0 Å². The van der Waals surface area contributed by atoms with Crippen molar-refractivity contribution in [2.75, 3.05) is 18.3 Å². The van der Waals surface area contributed by atoms with Gasteiger partial charge in [-0.1, -0.05) is 67.6 Å². The summed E-state index contributed by atoms with van der Waals surface area (Å²) < 4.78 is 5.61. The molecular formula is C20H26Cl3NO3. The number of halogens is 3. The Morgan fingerprint density at radius 2 is 1.33 bits per heavy atom. The minimum Gasteiger partial charge on any atom is -0.372 e. The third kappa shape index (κ3) is 16.6. The van der Waals surface area contributed by atoms with E-state index in [1.54, 1.807) is 6.92 Å². The van der Waals surface area contributed by atoms with Crippen LogP contribution in [0, 0.1) is 10.1 Å². The maximum Gasteiger partial charge on any atom is 0.203 e. The highest BCUT2D eigenvalue weighted by Crippen LogP contribution is 2.05. The molecular weight excluding hydrogens is 409 g/mol. The zero-order valence-electron chi connectivity index (χ0n) is 15.4. The largest absolute Gasteiger partial charge is 0.372 e. The van der Waals surface area contributed by atoms with Crippen molar-refractivity contribution in [3.8, 4) is 0 Å². The van der Waals surface area contributed by atoms with E-state index in [1.807, 2.05) is 36.4 Å². The predicted molar refractivity (Wildman–Crippen MR) is 115 cm³/mol. The van der Waals surface area contributed by atoms with Gasteiger partial charge in [0.1, 0.15) is 0 Å². The molecule has 0 saturated carbocycles. The summed E-state index contributed by atoms with van der Waals surface area (Å²) >= 11 is 15.9. The molecule has 0 aliphatic heterocycles. The van der Waals surface area contributed by atoms with E-state index in [1.165, 1.54) is 11.1 Å². The van der Waals surface area contributed by atoms with Crippen LogP contribution in [0.4, 0.5) is 0 Å². The van der Waals surface area contributed by atoms with Gasteiger partial charge in [0.25, 0.3) is 0 Å².